The molecule has 3 nitrogen and oxygen atoms in total. The first-order valence-corrected chi connectivity index (χ1v) is 5.51. The van der Waals surface area contributed by atoms with Gasteiger partial charge in [0.2, 0.25) is 6.33 Å². The molecule has 15 heavy (non-hydrogen) atoms. The number of rotatable bonds is 6. The molecule has 0 saturated carbocycles. The van der Waals surface area contributed by atoms with Crippen LogP contribution in [0.15, 0.2) is 24.9 Å². The van der Waals surface area contributed by atoms with Gasteiger partial charge in [0.15, 0.2) is 0 Å². The Morgan fingerprint density at radius 3 is 2.80 bits per heavy atom. The smallest absolute Gasteiger partial charge is 0.243 e. The maximum absolute atomic E-state index is 5.07. The Bertz CT molecular complexity index is 328. The number of methoxy groups -OCH3 is 1. The number of imidazole rings is 1. The van der Waals surface area contributed by atoms with E-state index < -0.39 is 0 Å². The summed E-state index contributed by atoms with van der Waals surface area (Å²) in [6.45, 7) is 10.2. The topological polar surface area (TPSA) is 18.0 Å². The lowest BCUT2D eigenvalue weighted by molar-refractivity contribution is -0.693. The molecule has 1 heterocycles. The monoisotopic (exact) mass is 209 g/mol. The van der Waals surface area contributed by atoms with Crippen molar-refractivity contribution in [1.82, 2.24) is 4.57 Å². The quantitative estimate of drug-likeness (QED) is 0.517. The molecule has 0 aliphatic rings. The highest BCUT2D eigenvalue weighted by Crippen LogP contribution is 2.07. The molecule has 0 amide bonds. The average Bonchev–Trinajstić information content (AvgIpc) is 2.68. The first-order chi connectivity index (χ1) is 7.21. The van der Waals surface area contributed by atoms with Crippen molar-refractivity contribution in [3.05, 3.63) is 30.6 Å². The number of allylic oxidation sites excluding steroid dienone is 1. The summed E-state index contributed by atoms with van der Waals surface area (Å²) in [6.07, 6.45) is 6.25. The molecular weight excluding hydrogens is 188 g/mol. The van der Waals surface area contributed by atoms with E-state index in [1.165, 1.54) is 5.69 Å². The Labute approximate surface area is 92.0 Å². The molecule has 0 radical (unpaired) electrons. The predicted molar refractivity (Wildman–Crippen MR) is 60.4 cm³/mol. The first kappa shape index (κ1) is 11.8. The van der Waals surface area contributed by atoms with Crippen LogP contribution in [0, 0.1) is 0 Å². The number of hydrogen-bond acceptors (Lipinski definition) is 1. The summed E-state index contributed by atoms with van der Waals surface area (Å²) in [5.41, 5.74) is 1.34. The van der Waals surface area contributed by atoms with Gasteiger partial charge in [-0.05, 0) is 13.8 Å². The Morgan fingerprint density at radius 1 is 1.53 bits per heavy atom. The molecule has 0 atom stereocenters. The van der Waals surface area contributed by atoms with Gasteiger partial charge in [-0.3, -0.25) is 0 Å². The van der Waals surface area contributed by atoms with Crippen molar-refractivity contribution in [3.63, 3.8) is 0 Å². The Kier molecular flexibility index (Phi) is 4.40. The SMILES string of the molecule is C=C(CCc1c[n+](CC)cn1CC)OC. The van der Waals surface area contributed by atoms with Crippen molar-refractivity contribution in [2.75, 3.05) is 7.11 Å². The van der Waals surface area contributed by atoms with Crippen LogP contribution in [0.4, 0.5) is 0 Å². The lowest BCUT2D eigenvalue weighted by atomic mass is 10.2. The van der Waals surface area contributed by atoms with Gasteiger partial charge in [-0.15, -0.1) is 0 Å². The fraction of sp³-hybridized carbons (Fsp3) is 0.583. The van der Waals surface area contributed by atoms with Gasteiger partial charge in [0.05, 0.1) is 26.0 Å². The van der Waals surface area contributed by atoms with Crippen LogP contribution in [0.3, 0.4) is 0 Å². The molecule has 0 unspecified atom stereocenters. The molecule has 1 rings (SSSR count). The van der Waals surface area contributed by atoms with Crippen molar-refractivity contribution < 1.29 is 9.30 Å². The summed E-state index contributed by atoms with van der Waals surface area (Å²) in [7, 11) is 1.67. The zero-order valence-electron chi connectivity index (χ0n) is 9.99. The summed E-state index contributed by atoms with van der Waals surface area (Å²) < 4.78 is 9.54. The minimum Gasteiger partial charge on any atom is -0.502 e. The van der Waals surface area contributed by atoms with Crippen molar-refractivity contribution in [1.29, 1.82) is 0 Å². The number of nitrogens with zero attached hydrogens (tertiary/aromatic N) is 2. The maximum Gasteiger partial charge on any atom is 0.243 e. The second kappa shape index (κ2) is 5.59. The van der Waals surface area contributed by atoms with Gasteiger partial charge in [-0.2, -0.15) is 0 Å². The van der Waals surface area contributed by atoms with Crippen LogP contribution in [-0.4, -0.2) is 11.7 Å². The van der Waals surface area contributed by atoms with Crippen molar-refractivity contribution in [2.45, 2.75) is 39.8 Å². The third-order valence-electron chi connectivity index (χ3n) is 2.63. The molecule has 3 heteroatoms. The minimum atomic E-state index is 0.849. The highest BCUT2D eigenvalue weighted by molar-refractivity contribution is 4.98. The molecule has 0 bridgehead atoms. The third kappa shape index (κ3) is 3.11. The summed E-state index contributed by atoms with van der Waals surface area (Å²) in [5, 5.41) is 0. The second-order valence-corrected chi connectivity index (χ2v) is 3.60. The first-order valence-electron chi connectivity index (χ1n) is 5.51. The Hall–Kier alpha value is -1.25. The van der Waals surface area contributed by atoms with E-state index in [1.54, 1.807) is 7.11 Å². The van der Waals surface area contributed by atoms with E-state index in [4.69, 9.17) is 4.74 Å². The number of hydrogen-bond donors (Lipinski definition) is 0. The molecule has 0 aromatic carbocycles. The van der Waals surface area contributed by atoms with E-state index in [1.807, 2.05) is 0 Å². The van der Waals surface area contributed by atoms with E-state index in [2.05, 4.69) is 42.1 Å². The van der Waals surface area contributed by atoms with E-state index >= 15 is 0 Å². The summed E-state index contributed by atoms with van der Waals surface area (Å²) in [6, 6.07) is 0. The van der Waals surface area contributed by atoms with Crippen LogP contribution >= 0.6 is 0 Å². The van der Waals surface area contributed by atoms with Crippen LogP contribution in [0.5, 0.6) is 0 Å². The molecule has 0 saturated heterocycles. The zero-order chi connectivity index (χ0) is 11.3. The van der Waals surface area contributed by atoms with E-state index in [-0.39, 0.29) is 0 Å². The van der Waals surface area contributed by atoms with E-state index in [0.717, 1.165) is 31.7 Å². The lowest BCUT2D eigenvalue weighted by Crippen LogP contribution is -2.28. The van der Waals surface area contributed by atoms with Gasteiger partial charge >= 0.3 is 0 Å². The van der Waals surface area contributed by atoms with Crippen LogP contribution in [0.2, 0.25) is 0 Å². The number of aromatic nitrogens is 2. The number of ether oxygens (including phenoxy) is 1. The van der Waals surface area contributed by atoms with Crippen molar-refractivity contribution >= 4 is 0 Å². The second-order valence-electron chi connectivity index (χ2n) is 3.60. The molecule has 0 N–H and O–H groups in total. The fourth-order valence-electron chi connectivity index (χ4n) is 1.59. The molecule has 0 spiro atoms. The van der Waals surface area contributed by atoms with E-state index in [0.29, 0.717) is 0 Å². The summed E-state index contributed by atoms with van der Waals surface area (Å²) >= 11 is 0. The van der Waals surface area contributed by atoms with Gasteiger partial charge in [0.25, 0.3) is 0 Å². The van der Waals surface area contributed by atoms with Crippen LogP contribution in [0.1, 0.15) is 26.0 Å². The molecule has 1 aromatic heterocycles. The maximum atomic E-state index is 5.07. The highest BCUT2D eigenvalue weighted by Gasteiger charge is 2.11. The van der Waals surface area contributed by atoms with Crippen LogP contribution in [0.25, 0.3) is 0 Å². The number of aryl methyl sites for hydroxylation is 3. The fourth-order valence-corrected chi connectivity index (χ4v) is 1.59. The zero-order valence-corrected chi connectivity index (χ0v) is 9.99. The molecular formula is C12H21N2O+. The average molecular weight is 209 g/mol. The van der Waals surface area contributed by atoms with Gasteiger partial charge < -0.3 is 4.74 Å². The molecule has 0 aliphatic carbocycles. The van der Waals surface area contributed by atoms with Gasteiger partial charge in [-0.1, -0.05) is 6.58 Å². The summed E-state index contributed by atoms with van der Waals surface area (Å²) in [5.74, 6) is 0.849. The van der Waals surface area contributed by atoms with E-state index in [9.17, 15) is 0 Å². The normalized spacial score (nSPS) is 10.3. The molecule has 1 aromatic rings. The summed E-state index contributed by atoms with van der Waals surface area (Å²) in [4.78, 5) is 0. The standard InChI is InChI=1S/C12H21N2O/c1-5-13-9-12(14(6-2)10-13)8-7-11(3)15-4/h9-10H,3,5-8H2,1-2,4H3/q+1. The van der Waals surface area contributed by atoms with Gasteiger partial charge in [0.1, 0.15) is 11.9 Å². The lowest BCUT2D eigenvalue weighted by Gasteiger charge is -2.02. The van der Waals surface area contributed by atoms with Crippen LogP contribution < -0.4 is 4.57 Å². The molecule has 84 valence electrons. The highest BCUT2D eigenvalue weighted by atomic mass is 16.5. The molecule has 0 fully saturated rings. The Balaban J connectivity index is 2.66. The van der Waals surface area contributed by atoms with Gasteiger partial charge in [0, 0.05) is 12.8 Å². The Morgan fingerprint density at radius 2 is 2.27 bits per heavy atom. The third-order valence-corrected chi connectivity index (χ3v) is 2.63. The van der Waals surface area contributed by atoms with Gasteiger partial charge in [-0.25, -0.2) is 9.13 Å². The largest absolute Gasteiger partial charge is 0.502 e. The van der Waals surface area contributed by atoms with Crippen molar-refractivity contribution in [2.24, 2.45) is 0 Å². The predicted octanol–water partition coefficient (Wildman–Crippen LogP) is 1.91. The molecule has 0 aliphatic heterocycles. The minimum absolute atomic E-state index is 0.849. The van der Waals surface area contributed by atoms with Crippen LogP contribution in [-0.2, 0) is 24.2 Å². The van der Waals surface area contributed by atoms with Crippen molar-refractivity contribution in [3.8, 4) is 0 Å².